The first-order valence-corrected chi connectivity index (χ1v) is 8.31. The minimum absolute atomic E-state index is 0.0765. The van der Waals surface area contributed by atoms with Gasteiger partial charge >= 0.3 is 0 Å². The van der Waals surface area contributed by atoms with Crippen LogP contribution in [0.5, 0.6) is 0 Å². The van der Waals surface area contributed by atoms with E-state index < -0.39 is 0 Å². The van der Waals surface area contributed by atoms with Crippen molar-refractivity contribution in [3.05, 3.63) is 54.6 Å². The van der Waals surface area contributed by atoms with E-state index in [-0.39, 0.29) is 11.9 Å². The monoisotopic (exact) mass is 312 g/mol. The summed E-state index contributed by atoms with van der Waals surface area (Å²) in [7, 11) is 0. The third kappa shape index (κ3) is 3.79. The first-order valence-electron chi connectivity index (χ1n) is 8.31. The molecule has 1 aliphatic rings. The van der Waals surface area contributed by atoms with Gasteiger partial charge < -0.3 is 9.47 Å². The Hall–Kier alpha value is -2.14. The standard InChI is InChI=1S/C18H24N4O/c1-2-17(21-9-5-6-10-21)18(23)22-13-11-20(12-14-22)15-16-7-3-4-8-19-16/h3-10,17H,2,11-15H2,1H3/t17-/m0/s1. The molecule has 0 unspecified atom stereocenters. The zero-order valence-electron chi connectivity index (χ0n) is 13.6. The molecule has 5 heteroatoms. The number of aromatic nitrogens is 2. The van der Waals surface area contributed by atoms with Gasteiger partial charge in [0.25, 0.3) is 0 Å². The number of hydrogen-bond acceptors (Lipinski definition) is 3. The van der Waals surface area contributed by atoms with Crippen LogP contribution in [-0.2, 0) is 11.3 Å². The number of carbonyl (C=O) groups is 1. The van der Waals surface area contributed by atoms with E-state index in [9.17, 15) is 4.79 Å². The van der Waals surface area contributed by atoms with Crippen molar-refractivity contribution in [1.82, 2.24) is 19.4 Å². The Kier molecular flexibility index (Phi) is 5.08. The Morgan fingerprint density at radius 3 is 2.48 bits per heavy atom. The maximum atomic E-state index is 12.8. The van der Waals surface area contributed by atoms with Crippen molar-refractivity contribution in [2.75, 3.05) is 26.2 Å². The first-order chi connectivity index (χ1) is 11.3. The summed E-state index contributed by atoms with van der Waals surface area (Å²) in [5, 5.41) is 0. The maximum absolute atomic E-state index is 12.8. The zero-order valence-corrected chi connectivity index (χ0v) is 13.6. The van der Waals surface area contributed by atoms with Gasteiger partial charge in [-0.2, -0.15) is 0 Å². The zero-order chi connectivity index (χ0) is 16.1. The molecule has 122 valence electrons. The second-order valence-electron chi connectivity index (χ2n) is 5.98. The summed E-state index contributed by atoms with van der Waals surface area (Å²) in [5.74, 6) is 0.237. The lowest BCUT2D eigenvalue weighted by atomic mass is 10.1. The van der Waals surface area contributed by atoms with Gasteiger partial charge in [0, 0.05) is 51.3 Å². The second kappa shape index (κ2) is 7.42. The summed E-state index contributed by atoms with van der Waals surface area (Å²) >= 11 is 0. The lowest BCUT2D eigenvalue weighted by Gasteiger charge is -2.36. The fraction of sp³-hybridized carbons (Fsp3) is 0.444. The van der Waals surface area contributed by atoms with Gasteiger partial charge in [-0.15, -0.1) is 0 Å². The summed E-state index contributed by atoms with van der Waals surface area (Å²) in [5.41, 5.74) is 1.09. The number of carbonyl (C=O) groups excluding carboxylic acids is 1. The molecule has 2 aromatic rings. The minimum atomic E-state index is -0.0765. The van der Waals surface area contributed by atoms with Crippen LogP contribution in [0.2, 0.25) is 0 Å². The van der Waals surface area contributed by atoms with Crippen LogP contribution < -0.4 is 0 Å². The molecule has 1 atom stereocenters. The molecule has 1 amide bonds. The Morgan fingerprint density at radius 1 is 1.13 bits per heavy atom. The van der Waals surface area contributed by atoms with E-state index in [4.69, 9.17) is 0 Å². The number of piperazine rings is 1. The van der Waals surface area contributed by atoms with Gasteiger partial charge in [0.05, 0.1) is 5.69 Å². The van der Waals surface area contributed by atoms with Crippen LogP contribution in [0.4, 0.5) is 0 Å². The lowest BCUT2D eigenvalue weighted by Crippen LogP contribution is -2.50. The fourth-order valence-electron chi connectivity index (χ4n) is 3.13. The van der Waals surface area contributed by atoms with Crippen LogP contribution in [0.25, 0.3) is 0 Å². The van der Waals surface area contributed by atoms with Gasteiger partial charge in [-0.1, -0.05) is 13.0 Å². The average molecular weight is 312 g/mol. The molecular weight excluding hydrogens is 288 g/mol. The van der Waals surface area contributed by atoms with Crippen molar-refractivity contribution in [3.63, 3.8) is 0 Å². The molecule has 0 radical (unpaired) electrons. The molecule has 1 saturated heterocycles. The lowest BCUT2D eigenvalue weighted by molar-refractivity contribution is -0.136. The van der Waals surface area contributed by atoms with Crippen LogP contribution in [-0.4, -0.2) is 51.4 Å². The molecule has 1 aliphatic heterocycles. The normalized spacial score (nSPS) is 17.2. The highest BCUT2D eigenvalue weighted by atomic mass is 16.2. The summed E-state index contributed by atoms with van der Waals surface area (Å²) in [6.07, 6.45) is 6.60. The molecule has 0 spiro atoms. The largest absolute Gasteiger partial charge is 0.342 e. The highest BCUT2D eigenvalue weighted by molar-refractivity contribution is 5.80. The highest BCUT2D eigenvalue weighted by Crippen LogP contribution is 2.17. The molecular formula is C18H24N4O. The van der Waals surface area contributed by atoms with Crippen LogP contribution in [0.15, 0.2) is 48.9 Å². The molecule has 5 nitrogen and oxygen atoms in total. The first kappa shape index (κ1) is 15.7. The summed E-state index contributed by atoms with van der Waals surface area (Å²) < 4.78 is 2.02. The molecule has 0 N–H and O–H groups in total. The minimum Gasteiger partial charge on any atom is -0.342 e. The Morgan fingerprint density at radius 2 is 1.87 bits per heavy atom. The van der Waals surface area contributed by atoms with Gasteiger partial charge in [-0.3, -0.25) is 14.7 Å². The number of amides is 1. The molecule has 23 heavy (non-hydrogen) atoms. The average Bonchev–Trinajstić information content (AvgIpc) is 3.11. The SMILES string of the molecule is CC[C@@H](C(=O)N1CCN(Cc2ccccn2)CC1)n1cccc1. The third-order valence-corrected chi connectivity index (χ3v) is 4.45. The van der Waals surface area contributed by atoms with E-state index in [1.165, 1.54) is 0 Å². The van der Waals surface area contributed by atoms with E-state index in [2.05, 4.69) is 22.9 Å². The van der Waals surface area contributed by atoms with E-state index in [1.807, 2.05) is 52.3 Å². The predicted molar refractivity (Wildman–Crippen MR) is 89.9 cm³/mol. The number of nitrogens with zero attached hydrogens (tertiary/aromatic N) is 4. The van der Waals surface area contributed by atoms with Gasteiger partial charge in [0.15, 0.2) is 0 Å². The number of pyridine rings is 1. The van der Waals surface area contributed by atoms with Crippen LogP contribution in [0.1, 0.15) is 25.1 Å². The Balaban J connectivity index is 1.55. The van der Waals surface area contributed by atoms with Crippen molar-refractivity contribution < 1.29 is 4.79 Å². The van der Waals surface area contributed by atoms with Crippen LogP contribution in [0.3, 0.4) is 0 Å². The van der Waals surface area contributed by atoms with Crippen molar-refractivity contribution in [2.24, 2.45) is 0 Å². The number of hydrogen-bond donors (Lipinski definition) is 0. The fourth-order valence-corrected chi connectivity index (χ4v) is 3.13. The van der Waals surface area contributed by atoms with E-state index in [0.29, 0.717) is 0 Å². The molecule has 0 aromatic carbocycles. The molecule has 2 aromatic heterocycles. The van der Waals surface area contributed by atoms with Gasteiger partial charge in [-0.05, 0) is 30.7 Å². The van der Waals surface area contributed by atoms with Crippen LogP contribution >= 0.6 is 0 Å². The van der Waals surface area contributed by atoms with E-state index in [0.717, 1.165) is 44.8 Å². The van der Waals surface area contributed by atoms with Crippen molar-refractivity contribution in [1.29, 1.82) is 0 Å². The molecule has 0 bridgehead atoms. The predicted octanol–water partition coefficient (Wildman–Crippen LogP) is 2.18. The highest BCUT2D eigenvalue weighted by Gasteiger charge is 2.27. The van der Waals surface area contributed by atoms with E-state index >= 15 is 0 Å². The number of rotatable bonds is 5. The molecule has 0 aliphatic carbocycles. The van der Waals surface area contributed by atoms with Gasteiger partial charge in [0.2, 0.25) is 5.91 Å². The van der Waals surface area contributed by atoms with Crippen molar-refractivity contribution >= 4 is 5.91 Å². The van der Waals surface area contributed by atoms with Crippen molar-refractivity contribution in [3.8, 4) is 0 Å². The van der Waals surface area contributed by atoms with Gasteiger partial charge in [0.1, 0.15) is 6.04 Å². The molecule has 3 rings (SSSR count). The molecule has 1 fully saturated rings. The summed E-state index contributed by atoms with van der Waals surface area (Å²) in [6.45, 7) is 6.33. The topological polar surface area (TPSA) is 41.4 Å². The summed E-state index contributed by atoms with van der Waals surface area (Å²) in [6, 6.07) is 9.88. The Bertz CT molecular complexity index is 603. The summed E-state index contributed by atoms with van der Waals surface area (Å²) in [4.78, 5) is 21.5. The second-order valence-corrected chi connectivity index (χ2v) is 5.98. The third-order valence-electron chi connectivity index (χ3n) is 4.45. The van der Waals surface area contributed by atoms with Crippen LogP contribution in [0, 0.1) is 0 Å². The van der Waals surface area contributed by atoms with Gasteiger partial charge in [-0.25, -0.2) is 0 Å². The molecule has 0 saturated carbocycles. The van der Waals surface area contributed by atoms with E-state index in [1.54, 1.807) is 0 Å². The quantitative estimate of drug-likeness (QED) is 0.850. The maximum Gasteiger partial charge on any atom is 0.245 e. The Labute approximate surface area is 137 Å². The smallest absolute Gasteiger partial charge is 0.245 e. The van der Waals surface area contributed by atoms with Crippen molar-refractivity contribution in [2.45, 2.75) is 25.9 Å². The molecule has 3 heterocycles.